The van der Waals surface area contributed by atoms with E-state index in [1.54, 1.807) is 4.68 Å². The summed E-state index contributed by atoms with van der Waals surface area (Å²) < 4.78 is 1.77. The van der Waals surface area contributed by atoms with Crippen LogP contribution in [0.5, 0.6) is 0 Å². The molecule has 1 saturated heterocycles. The zero-order valence-electron chi connectivity index (χ0n) is 14.5. The van der Waals surface area contributed by atoms with Gasteiger partial charge in [0.05, 0.1) is 5.69 Å². The van der Waals surface area contributed by atoms with Gasteiger partial charge >= 0.3 is 0 Å². The van der Waals surface area contributed by atoms with Crippen LogP contribution >= 0.6 is 0 Å². The first-order valence-corrected chi connectivity index (χ1v) is 8.61. The Morgan fingerprint density at radius 3 is 2.88 bits per heavy atom. The third-order valence-corrected chi connectivity index (χ3v) is 4.39. The molecule has 1 aromatic heterocycles. The molecule has 24 heavy (non-hydrogen) atoms. The van der Waals surface area contributed by atoms with Gasteiger partial charge in [-0.1, -0.05) is 32.0 Å². The number of nitrogens with zero attached hydrogens (tertiary/aromatic N) is 3. The van der Waals surface area contributed by atoms with Crippen LogP contribution in [0.2, 0.25) is 0 Å². The molecular formula is C18H25N5O. The molecule has 0 unspecified atom stereocenters. The van der Waals surface area contributed by atoms with E-state index in [4.69, 9.17) is 0 Å². The largest absolute Gasteiger partial charge is 0.345 e. The van der Waals surface area contributed by atoms with Crippen molar-refractivity contribution in [2.75, 3.05) is 13.1 Å². The fourth-order valence-corrected chi connectivity index (χ4v) is 3.11. The lowest BCUT2D eigenvalue weighted by atomic mass is 10.0. The number of rotatable bonds is 4. The van der Waals surface area contributed by atoms with Gasteiger partial charge in [0.2, 0.25) is 5.82 Å². The number of nitrogens with one attached hydrogen (secondary N) is 2. The van der Waals surface area contributed by atoms with Crippen molar-refractivity contribution in [3.8, 4) is 5.69 Å². The normalized spacial score (nSPS) is 17.9. The molecule has 128 valence electrons. The van der Waals surface area contributed by atoms with Crippen molar-refractivity contribution in [3.63, 3.8) is 0 Å². The molecule has 1 amide bonds. The molecular weight excluding hydrogens is 302 g/mol. The van der Waals surface area contributed by atoms with Crippen LogP contribution in [0.1, 0.15) is 54.6 Å². The minimum Gasteiger partial charge on any atom is -0.345 e. The monoisotopic (exact) mass is 327 g/mol. The van der Waals surface area contributed by atoms with Crippen LogP contribution in [0.4, 0.5) is 0 Å². The van der Waals surface area contributed by atoms with E-state index in [0.29, 0.717) is 5.92 Å². The van der Waals surface area contributed by atoms with E-state index in [1.807, 2.05) is 25.1 Å². The standard InChI is InChI=1S/C18H25N5O/c1-12(2)15-8-4-5-9-16(15)23-13(3)20-17(22-23)18(24)21-14-7-6-10-19-11-14/h4-5,8-9,12,14,19H,6-7,10-11H2,1-3H3,(H,21,24)/t14-/m0/s1. The number of para-hydroxylation sites is 1. The highest BCUT2D eigenvalue weighted by atomic mass is 16.2. The van der Waals surface area contributed by atoms with Crippen molar-refractivity contribution in [1.82, 2.24) is 25.4 Å². The van der Waals surface area contributed by atoms with E-state index in [-0.39, 0.29) is 17.8 Å². The van der Waals surface area contributed by atoms with Crippen LogP contribution in [0.25, 0.3) is 5.69 Å². The summed E-state index contributed by atoms with van der Waals surface area (Å²) in [5, 5.41) is 10.8. The summed E-state index contributed by atoms with van der Waals surface area (Å²) >= 11 is 0. The molecule has 0 bridgehead atoms. The molecule has 0 radical (unpaired) electrons. The highest BCUT2D eigenvalue weighted by molar-refractivity contribution is 5.90. The lowest BCUT2D eigenvalue weighted by molar-refractivity contribution is 0.0920. The Morgan fingerprint density at radius 1 is 1.38 bits per heavy atom. The van der Waals surface area contributed by atoms with Crippen LogP contribution in [0.15, 0.2) is 24.3 Å². The summed E-state index contributed by atoms with van der Waals surface area (Å²) in [5.74, 6) is 1.12. The summed E-state index contributed by atoms with van der Waals surface area (Å²) in [6.45, 7) is 8.00. The van der Waals surface area contributed by atoms with Gasteiger partial charge in [0, 0.05) is 12.6 Å². The summed E-state index contributed by atoms with van der Waals surface area (Å²) in [6, 6.07) is 8.27. The van der Waals surface area contributed by atoms with Crippen molar-refractivity contribution in [1.29, 1.82) is 0 Å². The minimum atomic E-state index is -0.201. The topological polar surface area (TPSA) is 71.8 Å². The van der Waals surface area contributed by atoms with Crippen LogP contribution in [0, 0.1) is 6.92 Å². The summed E-state index contributed by atoms with van der Waals surface area (Å²) in [6.07, 6.45) is 2.07. The van der Waals surface area contributed by atoms with Crippen LogP contribution in [0.3, 0.4) is 0 Å². The van der Waals surface area contributed by atoms with Gasteiger partial charge in [-0.25, -0.2) is 9.67 Å². The number of aromatic nitrogens is 3. The number of amides is 1. The first-order valence-electron chi connectivity index (χ1n) is 8.61. The van der Waals surface area contributed by atoms with Gasteiger partial charge in [-0.15, -0.1) is 5.10 Å². The fourth-order valence-electron chi connectivity index (χ4n) is 3.11. The van der Waals surface area contributed by atoms with E-state index in [2.05, 4.69) is 40.6 Å². The Hall–Kier alpha value is -2.21. The van der Waals surface area contributed by atoms with Gasteiger partial charge in [-0.2, -0.15) is 0 Å². The summed E-state index contributed by atoms with van der Waals surface area (Å²) in [4.78, 5) is 16.8. The number of carbonyl (C=O) groups excluding carboxylic acids is 1. The molecule has 1 atom stereocenters. The molecule has 0 spiro atoms. The average Bonchev–Trinajstić information content (AvgIpc) is 2.97. The van der Waals surface area contributed by atoms with E-state index >= 15 is 0 Å². The Balaban J connectivity index is 1.84. The van der Waals surface area contributed by atoms with E-state index in [0.717, 1.165) is 37.4 Å². The summed E-state index contributed by atoms with van der Waals surface area (Å²) in [5.41, 5.74) is 2.17. The zero-order valence-corrected chi connectivity index (χ0v) is 14.5. The first-order chi connectivity index (χ1) is 11.6. The average molecular weight is 327 g/mol. The molecule has 1 aliphatic rings. The Morgan fingerprint density at radius 2 is 2.17 bits per heavy atom. The Labute approximate surface area is 142 Å². The van der Waals surface area contributed by atoms with Crippen LogP contribution < -0.4 is 10.6 Å². The van der Waals surface area contributed by atoms with Gasteiger partial charge in [0.15, 0.2) is 0 Å². The molecule has 0 aliphatic carbocycles. The molecule has 2 heterocycles. The van der Waals surface area contributed by atoms with Gasteiger partial charge in [0.25, 0.3) is 5.91 Å². The molecule has 3 rings (SSSR count). The van der Waals surface area contributed by atoms with E-state index in [9.17, 15) is 4.79 Å². The molecule has 2 N–H and O–H groups in total. The zero-order chi connectivity index (χ0) is 17.1. The van der Waals surface area contributed by atoms with Crippen molar-refractivity contribution in [2.24, 2.45) is 0 Å². The lowest BCUT2D eigenvalue weighted by Crippen LogP contribution is -2.45. The van der Waals surface area contributed by atoms with Crippen LogP contribution in [-0.2, 0) is 0 Å². The Kier molecular flexibility index (Phi) is 4.94. The maximum Gasteiger partial charge on any atom is 0.291 e. The summed E-state index contributed by atoms with van der Waals surface area (Å²) in [7, 11) is 0. The third kappa shape index (κ3) is 3.48. The number of piperidine rings is 1. The van der Waals surface area contributed by atoms with Crippen LogP contribution in [-0.4, -0.2) is 39.8 Å². The van der Waals surface area contributed by atoms with Crippen molar-refractivity contribution in [2.45, 2.75) is 45.6 Å². The predicted molar refractivity (Wildman–Crippen MR) is 93.5 cm³/mol. The smallest absolute Gasteiger partial charge is 0.291 e. The second-order valence-electron chi connectivity index (χ2n) is 6.62. The lowest BCUT2D eigenvalue weighted by Gasteiger charge is -2.23. The minimum absolute atomic E-state index is 0.154. The number of benzene rings is 1. The van der Waals surface area contributed by atoms with Crippen molar-refractivity contribution in [3.05, 3.63) is 41.5 Å². The quantitative estimate of drug-likeness (QED) is 0.903. The fraction of sp³-hybridized carbons (Fsp3) is 0.500. The highest BCUT2D eigenvalue weighted by Gasteiger charge is 2.21. The SMILES string of the molecule is Cc1nc(C(=O)N[C@H]2CCCNC2)nn1-c1ccccc1C(C)C. The molecule has 0 saturated carbocycles. The maximum absolute atomic E-state index is 12.5. The number of hydrogen-bond acceptors (Lipinski definition) is 4. The van der Waals surface area contributed by atoms with Gasteiger partial charge in [-0.05, 0) is 43.9 Å². The molecule has 6 nitrogen and oxygen atoms in total. The second kappa shape index (κ2) is 7.13. The third-order valence-electron chi connectivity index (χ3n) is 4.39. The maximum atomic E-state index is 12.5. The number of hydrogen-bond donors (Lipinski definition) is 2. The molecule has 1 aromatic carbocycles. The van der Waals surface area contributed by atoms with Crippen molar-refractivity contribution < 1.29 is 4.79 Å². The van der Waals surface area contributed by atoms with E-state index < -0.39 is 0 Å². The molecule has 1 fully saturated rings. The highest BCUT2D eigenvalue weighted by Crippen LogP contribution is 2.23. The molecule has 2 aromatic rings. The predicted octanol–water partition coefficient (Wildman–Crippen LogP) is 2.18. The molecule has 1 aliphatic heterocycles. The van der Waals surface area contributed by atoms with E-state index in [1.165, 1.54) is 5.56 Å². The van der Waals surface area contributed by atoms with Gasteiger partial charge in [0.1, 0.15) is 5.82 Å². The first kappa shape index (κ1) is 16.6. The second-order valence-corrected chi connectivity index (χ2v) is 6.62. The van der Waals surface area contributed by atoms with Crippen molar-refractivity contribution >= 4 is 5.91 Å². The number of carbonyl (C=O) groups is 1. The Bertz CT molecular complexity index is 716. The number of aryl methyl sites for hydroxylation is 1. The molecule has 6 heteroatoms. The van der Waals surface area contributed by atoms with Gasteiger partial charge < -0.3 is 10.6 Å². The van der Waals surface area contributed by atoms with Gasteiger partial charge in [-0.3, -0.25) is 4.79 Å².